The molecule has 0 amide bonds. The number of hydrogen-bond acceptors (Lipinski definition) is 3. The second-order valence-corrected chi connectivity index (χ2v) is 6.42. The van der Waals surface area contributed by atoms with E-state index in [0.717, 1.165) is 42.6 Å². The first-order valence-corrected chi connectivity index (χ1v) is 8.45. The Balaban J connectivity index is 0.00000220. The van der Waals surface area contributed by atoms with Crippen LogP contribution >= 0.6 is 40.7 Å². The van der Waals surface area contributed by atoms with Crippen LogP contribution in [0, 0.1) is 0 Å². The zero-order valence-corrected chi connectivity index (χ0v) is 16.3. The van der Waals surface area contributed by atoms with Gasteiger partial charge < -0.3 is 10.4 Å². The maximum absolute atomic E-state index is 10.2. The third kappa shape index (κ3) is 6.25. The van der Waals surface area contributed by atoms with Crippen LogP contribution in [0.5, 0.6) is 5.75 Å². The molecule has 2 N–H and O–H groups in total. The number of piperazine rings is 1. The summed E-state index contributed by atoms with van der Waals surface area (Å²) in [6, 6.07) is 6.11. The summed E-state index contributed by atoms with van der Waals surface area (Å²) in [6.07, 6.45) is 4.84. The lowest BCUT2D eigenvalue weighted by atomic mass is 9.97. The van der Waals surface area contributed by atoms with Crippen molar-refractivity contribution in [2.75, 3.05) is 26.2 Å². The van der Waals surface area contributed by atoms with E-state index in [4.69, 9.17) is 0 Å². The molecule has 0 aliphatic carbocycles. The van der Waals surface area contributed by atoms with E-state index < -0.39 is 0 Å². The Morgan fingerprint density at radius 2 is 1.91 bits per heavy atom. The number of aromatic hydroxyl groups is 1. The van der Waals surface area contributed by atoms with E-state index in [-0.39, 0.29) is 24.8 Å². The zero-order valence-electron chi connectivity index (χ0n) is 13.1. The van der Waals surface area contributed by atoms with E-state index in [1.54, 1.807) is 6.07 Å². The van der Waals surface area contributed by atoms with Gasteiger partial charge in [-0.1, -0.05) is 42.1 Å². The number of rotatable bonds is 6. The highest BCUT2D eigenvalue weighted by Gasteiger charge is 2.24. The molecule has 1 aromatic carbocycles. The number of phenolic OH excluding ortho intramolecular Hbond substituents is 1. The normalized spacial score (nSPS) is 16.5. The molecule has 1 aromatic rings. The summed E-state index contributed by atoms with van der Waals surface area (Å²) in [7, 11) is 0. The number of unbranched alkanes of at least 4 members (excludes halogenated alkanes) is 2. The van der Waals surface area contributed by atoms with Gasteiger partial charge in [-0.25, -0.2) is 0 Å². The summed E-state index contributed by atoms with van der Waals surface area (Å²) in [5, 5.41) is 13.6. The smallest absolute Gasteiger partial charge is 0.120 e. The van der Waals surface area contributed by atoms with Crippen molar-refractivity contribution in [1.82, 2.24) is 10.2 Å². The Kier molecular flexibility index (Phi) is 11.5. The number of phenols is 1. The first-order valence-electron chi connectivity index (χ1n) is 7.65. The van der Waals surface area contributed by atoms with E-state index >= 15 is 0 Å². The summed E-state index contributed by atoms with van der Waals surface area (Å²) >= 11 is 3.53. The molecule has 2 rings (SSSR count). The van der Waals surface area contributed by atoms with Crippen LogP contribution in [0.15, 0.2) is 22.7 Å². The van der Waals surface area contributed by atoms with Gasteiger partial charge in [0.05, 0.1) is 0 Å². The lowest BCUT2D eigenvalue weighted by molar-refractivity contribution is 0.160. The van der Waals surface area contributed by atoms with Crippen molar-refractivity contribution >= 4 is 40.7 Å². The highest BCUT2D eigenvalue weighted by atomic mass is 79.9. The van der Waals surface area contributed by atoms with Crippen LogP contribution in [-0.2, 0) is 0 Å². The number of halogens is 3. The number of nitrogens with one attached hydrogen (secondary N) is 1. The molecule has 0 radical (unpaired) electrons. The first kappa shape index (κ1) is 22.0. The molecule has 1 atom stereocenters. The molecular formula is C16H27BrCl2N2O. The van der Waals surface area contributed by atoms with Crippen molar-refractivity contribution in [3.8, 4) is 5.75 Å². The molecule has 22 heavy (non-hydrogen) atoms. The molecule has 1 aliphatic rings. The Labute approximate surface area is 154 Å². The number of hydrogen-bond donors (Lipinski definition) is 2. The second-order valence-electron chi connectivity index (χ2n) is 5.50. The van der Waals surface area contributed by atoms with Gasteiger partial charge in [0.15, 0.2) is 0 Å². The summed E-state index contributed by atoms with van der Waals surface area (Å²) < 4.78 is 1.04. The lowest BCUT2D eigenvalue weighted by Gasteiger charge is -2.35. The van der Waals surface area contributed by atoms with Gasteiger partial charge in [0, 0.05) is 42.3 Å². The molecule has 0 bridgehead atoms. The van der Waals surface area contributed by atoms with Gasteiger partial charge in [-0.2, -0.15) is 0 Å². The Morgan fingerprint density at radius 1 is 1.23 bits per heavy atom. The fourth-order valence-electron chi connectivity index (χ4n) is 2.91. The van der Waals surface area contributed by atoms with Gasteiger partial charge in [-0.05, 0) is 24.6 Å². The van der Waals surface area contributed by atoms with Gasteiger partial charge >= 0.3 is 0 Å². The molecule has 0 spiro atoms. The number of nitrogens with zero attached hydrogens (tertiary/aromatic N) is 1. The molecular weight excluding hydrogens is 387 g/mol. The molecule has 3 nitrogen and oxygen atoms in total. The monoisotopic (exact) mass is 412 g/mol. The van der Waals surface area contributed by atoms with Crippen LogP contribution in [0.25, 0.3) is 0 Å². The van der Waals surface area contributed by atoms with Crippen molar-refractivity contribution in [1.29, 1.82) is 0 Å². The fraction of sp³-hybridized carbons (Fsp3) is 0.625. The lowest BCUT2D eigenvalue weighted by Crippen LogP contribution is -2.45. The van der Waals surface area contributed by atoms with Crippen molar-refractivity contribution < 1.29 is 5.11 Å². The molecule has 128 valence electrons. The molecule has 0 saturated carbocycles. The summed E-state index contributed by atoms with van der Waals surface area (Å²) in [5.74, 6) is 0.424. The third-order valence-electron chi connectivity index (χ3n) is 4.02. The van der Waals surface area contributed by atoms with E-state index in [1.807, 2.05) is 6.07 Å². The standard InChI is InChI=1S/C16H25BrN2O.2ClH/c1-2-3-4-5-15(19-10-8-18-9-11-19)14-12-13(17)6-7-16(14)20;;/h6-7,12,15,18,20H,2-5,8-11H2,1H3;2*1H/t15-;;/m0../s1. The van der Waals surface area contributed by atoms with Crippen molar-refractivity contribution in [3.63, 3.8) is 0 Å². The molecule has 0 aromatic heterocycles. The van der Waals surface area contributed by atoms with Gasteiger partial charge in [0.2, 0.25) is 0 Å². The van der Waals surface area contributed by atoms with Crippen molar-refractivity contribution in [2.45, 2.75) is 38.6 Å². The maximum Gasteiger partial charge on any atom is 0.120 e. The van der Waals surface area contributed by atoms with Crippen LogP contribution in [0.3, 0.4) is 0 Å². The summed E-state index contributed by atoms with van der Waals surface area (Å²) in [5.41, 5.74) is 1.07. The minimum atomic E-state index is 0. The first-order chi connectivity index (χ1) is 9.72. The predicted molar refractivity (Wildman–Crippen MR) is 102 cm³/mol. The average Bonchev–Trinajstić information content (AvgIpc) is 2.48. The van der Waals surface area contributed by atoms with Gasteiger partial charge in [-0.15, -0.1) is 24.8 Å². The summed E-state index contributed by atoms with van der Waals surface area (Å²) in [4.78, 5) is 2.51. The summed E-state index contributed by atoms with van der Waals surface area (Å²) in [6.45, 7) is 6.43. The molecule has 1 heterocycles. The van der Waals surface area contributed by atoms with Crippen LogP contribution in [0.2, 0.25) is 0 Å². The van der Waals surface area contributed by atoms with E-state index in [2.05, 4.69) is 39.1 Å². The van der Waals surface area contributed by atoms with E-state index in [9.17, 15) is 5.11 Å². The van der Waals surface area contributed by atoms with Crippen LogP contribution in [-0.4, -0.2) is 36.2 Å². The van der Waals surface area contributed by atoms with Gasteiger partial charge in [-0.3, -0.25) is 4.90 Å². The minimum Gasteiger partial charge on any atom is -0.508 e. The third-order valence-corrected chi connectivity index (χ3v) is 4.52. The SMILES string of the molecule is CCCCC[C@@H](c1cc(Br)ccc1O)N1CCNCC1.Cl.Cl. The highest BCUT2D eigenvalue weighted by Crippen LogP contribution is 2.34. The average molecular weight is 414 g/mol. The largest absolute Gasteiger partial charge is 0.508 e. The Bertz CT molecular complexity index is 429. The Hall–Kier alpha value is -0.000000000000000111. The second kappa shape index (κ2) is 11.5. The van der Waals surface area contributed by atoms with Gasteiger partial charge in [0.25, 0.3) is 0 Å². The quantitative estimate of drug-likeness (QED) is 0.672. The van der Waals surface area contributed by atoms with Gasteiger partial charge in [0.1, 0.15) is 5.75 Å². The van der Waals surface area contributed by atoms with E-state index in [1.165, 1.54) is 19.3 Å². The zero-order chi connectivity index (χ0) is 14.4. The molecule has 1 saturated heterocycles. The predicted octanol–water partition coefficient (Wildman–Crippen LogP) is 4.52. The topological polar surface area (TPSA) is 35.5 Å². The van der Waals surface area contributed by atoms with Crippen LogP contribution in [0.4, 0.5) is 0 Å². The maximum atomic E-state index is 10.2. The highest BCUT2D eigenvalue weighted by molar-refractivity contribution is 9.10. The van der Waals surface area contributed by atoms with Crippen LogP contribution < -0.4 is 5.32 Å². The van der Waals surface area contributed by atoms with Crippen molar-refractivity contribution in [3.05, 3.63) is 28.2 Å². The molecule has 1 aliphatic heterocycles. The fourth-order valence-corrected chi connectivity index (χ4v) is 3.29. The van der Waals surface area contributed by atoms with E-state index in [0.29, 0.717) is 11.8 Å². The number of benzene rings is 1. The molecule has 1 fully saturated rings. The molecule has 6 heteroatoms. The van der Waals surface area contributed by atoms with Crippen molar-refractivity contribution in [2.24, 2.45) is 0 Å². The molecule has 0 unspecified atom stereocenters. The minimum absolute atomic E-state index is 0. The Morgan fingerprint density at radius 3 is 2.55 bits per heavy atom. The van der Waals surface area contributed by atoms with Crippen LogP contribution in [0.1, 0.15) is 44.2 Å².